The molecule has 0 unspecified atom stereocenters. The van der Waals surface area contributed by atoms with E-state index in [1.165, 1.54) is 10.9 Å². The van der Waals surface area contributed by atoms with Crippen molar-refractivity contribution in [2.75, 3.05) is 6.54 Å². The third-order valence-electron chi connectivity index (χ3n) is 4.76. The quantitative estimate of drug-likeness (QED) is 0.600. The van der Waals surface area contributed by atoms with Crippen LogP contribution in [-0.2, 0) is 15.1 Å². The van der Waals surface area contributed by atoms with Crippen molar-refractivity contribution in [3.05, 3.63) is 22.5 Å². The molecule has 1 heterocycles. The van der Waals surface area contributed by atoms with Crippen molar-refractivity contribution in [2.45, 2.75) is 51.5 Å². The zero-order chi connectivity index (χ0) is 18.0. The minimum atomic E-state index is -1.16. The van der Waals surface area contributed by atoms with Crippen molar-refractivity contribution in [2.24, 2.45) is 5.41 Å². The number of aliphatic carboxylic acids is 1. The minimum Gasteiger partial charge on any atom is -0.481 e. The fourth-order valence-corrected chi connectivity index (χ4v) is 2.98. The van der Waals surface area contributed by atoms with Gasteiger partial charge in [-0.15, -0.1) is 0 Å². The van der Waals surface area contributed by atoms with Crippen molar-refractivity contribution in [1.29, 1.82) is 0 Å². The topological polar surface area (TPSA) is 127 Å². The van der Waals surface area contributed by atoms with E-state index < -0.39 is 27.8 Å². The molecule has 0 aliphatic heterocycles. The van der Waals surface area contributed by atoms with Crippen LogP contribution >= 0.6 is 0 Å². The fourth-order valence-electron chi connectivity index (χ4n) is 2.98. The number of rotatable bonds is 6. The predicted molar refractivity (Wildman–Crippen MR) is 84.4 cm³/mol. The Kier molecular flexibility index (Phi) is 4.91. The summed E-state index contributed by atoms with van der Waals surface area (Å²) in [4.78, 5) is 34.3. The number of nitrogens with one attached hydrogen (secondary N) is 1. The standard InChI is InChI=1S/C15H22N4O5/c1-14(2,18-9-11(8-17-18)19(23)24)12(20)16-10-15(13(21)22)6-4-3-5-7-15/h8-9H,3-7,10H2,1-2H3,(H,16,20)(H,21,22). The first-order valence-electron chi connectivity index (χ1n) is 7.90. The molecule has 9 heteroatoms. The Morgan fingerprint density at radius 3 is 2.54 bits per heavy atom. The van der Waals surface area contributed by atoms with Crippen LogP contribution in [0.25, 0.3) is 0 Å². The summed E-state index contributed by atoms with van der Waals surface area (Å²) in [5.41, 5.74) is -2.30. The van der Waals surface area contributed by atoms with E-state index in [2.05, 4.69) is 10.4 Å². The maximum Gasteiger partial charge on any atom is 0.311 e. The van der Waals surface area contributed by atoms with Gasteiger partial charge in [0.1, 0.15) is 17.9 Å². The lowest BCUT2D eigenvalue weighted by molar-refractivity contribution is -0.385. The molecule has 1 amide bonds. The molecule has 0 aromatic carbocycles. The number of carboxylic acids is 1. The number of carboxylic acid groups (broad SMARTS) is 1. The SMILES string of the molecule is CC(C)(C(=O)NCC1(C(=O)O)CCCCC1)n1cc([N+](=O)[O-])cn1. The van der Waals surface area contributed by atoms with Gasteiger partial charge in [-0.05, 0) is 26.7 Å². The number of aromatic nitrogens is 2. The van der Waals surface area contributed by atoms with Gasteiger partial charge >= 0.3 is 11.7 Å². The highest BCUT2D eigenvalue weighted by Crippen LogP contribution is 2.36. The van der Waals surface area contributed by atoms with Gasteiger partial charge in [0.15, 0.2) is 0 Å². The van der Waals surface area contributed by atoms with Crippen molar-refractivity contribution in [3.8, 4) is 0 Å². The molecule has 132 valence electrons. The third kappa shape index (κ3) is 3.39. The van der Waals surface area contributed by atoms with Crippen molar-refractivity contribution in [1.82, 2.24) is 15.1 Å². The molecule has 1 fully saturated rings. The van der Waals surface area contributed by atoms with Crippen LogP contribution in [0.15, 0.2) is 12.4 Å². The van der Waals surface area contributed by atoms with Crippen molar-refractivity contribution >= 4 is 17.6 Å². The van der Waals surface area contributed by atoms with E-state index in [-0.39, 0.29) is 12.2 Å². The number of nitrogens with zero attached hydrogens (tertiary/aromatic N) is 3. The highest BCUT2D eigenvalue weighted by Gasteiger charge is 2.41. The zero-order valence-corrected chi connectivity index (χ0v) is 13.8. The van der Waals surface area contributed by atoms with Crippen LogP contribution in [0.3, 0.4) is 0 Å². The molecule has 0 bridgehead atoms. The zero-order valence-electron chi connectivity index (χ0n) is 13.8. The van der Waals surface area contributed by atoms with Crippen LogP contribution in [0.1, 0.15) is 46.0 Å². The number of hydrogen-bond acceptors (Lipinski definition) is 5. The van der Waals surface area contributed by atoms with E-state index >= 15 is 0 Å². The monoisotopic (exact) mass is 338 g/mol. The molecule has 24 heavy (non-hydrogen) atoms. The first kappa shape index (κ1) is 17.9. The molecule has 0 spiro atoms. The van der Waals surface area contributed by atoms with Gasteiger partial charge in [0.25, 0.3) is 0 Å². The summed E-state index contributed by atoms with van der Waals surface area (Å²) in [6, 6.07) is 0. The first-order chi connectivity index (χ1) is 11.2. The smallest absolute Gasteiger partial charge is 0.311 e. The molecular formula is C15H22N4O5. The number of nitro groups is 1. The Morgan fingerprint density at radius 2 is 2.04 bits per heavy atom. The molecular weight excluding hydrogens is 316 g/mol. The summed E-state index contributed by atoms with van der Waals surface area (Å²) >= 11 is 0. The third-order valence-corrected chi connectivity index (χ3v) is 4.76. The van der Waals surface area contributed by atoms with Gasteiger partial charge < -0.3 is 10.4 Å². The number of hydrogen-bond donors (Lipinski definition) is 2. The highest BCUT2D eigenvalue weighted by atomic mass is 16.6. The first-order valence-corrected chi connectivity index (χ1v) is 7.90. The van der Waals surface area contributed by atoms with E-state index in [0.29, 0.717) is 12.8 Å². The normalized spacial score (nSPS) is 17.2. The minimum absolute atomic E-state index is 0.0496. The maximum atomic E-state index is 12.5. The molecule has 2 N–H and O–H groups in total. The molecule has 1 saturated carbocycles. The van der Waals surface area contributed by atoms with E-state index in [0.717, 1.165) is 25.5 Å². The van der Waals surface area contributed by atoms with Crippen LogP contribution in [0.2, 0.25) is 0 Å². The largest absolute Gasteiger partial charge is 0.481 e. The predicted octanol–water partition coefficient (Wildman–Crippen LogP) is 1.68. The lowest BCUT2D eigenvalue weighted by Crippen LogP contribution is -2.50. The lowest BCUT2D eigenvalue weighted by atomic mass is 9.74. The summed E-state index contributed by atoms with van der Waals surface area (Å²) in [6.45, 7) is 3.20. The molecule has 1 aliphatic rings. The Hall–Kier alpha value is -2.45. The van der Waals surface area contributed by atoms with Crippen molar-refractivity contribution in [3.63, 3.8) is 0 Å². The van der Waals surface area contributed by atoms with Crippen LogP contribution < -0.4 is 5.32 Å². The van der Waals surface area contributed by atoms with E-state index in [1.807, 2.05) is 0 Å². The molecule has 9 nitrogen and oxygen atoms in total. The molecule has 1 aromatic heterocycles. The van der Waals surface area contributed by atoms with E-state index in [4.69, 9.17) is 0 Å². The molecule has 1 aromatic rings. The Labute approximate surface area is 139 Å². The van der Waals surface area contributed by atoms with Gasteiger partial charge in [-0.1, -0.05) is 19.3 Å². The summed E-state index contributed by atoms with van der Waals surface area (Å²) in [5, 5.41) is 26.9. The van der Waals surface area contributed by atoms with Gasteiger partial charge in [-0.2, -0.15) is 5.10 Å². The Morgan fingerprint density at radius 1 is 1.42 bits per heavy atom. The molecule has 2 rings (SSSR count). The van der Waals surface area contributed by atoms with Gasteiger partial charge in [-0.3, -0.25) is 24.4 Å². The maximum absolute atomic E-state index is 12.5. The van der Waals surface area contributed by atoms with Crippen LogP contribution in [0.4, 0.5) is 5.69 Å². The summed E-state index contributed by atoms with van der Waals surface area (Å²) in [5.74, 6) is -1.32. The highest BCUT2D eigenvalue weighted by molar-refractivity contribution is 5.84. The number of carbonyl (C=O) groups is 2. The van der Waals surface area contributed by atoms with Crippen molar-refractivity contribution < 1.29 is 19.6 Å². The average Bonchev–Trinajstić information content (AvgIpc) is 3.04. The van der Waals surface area contributed by atoms with Crippen LogP contribution in [-0.4, -0.2) is 38.2 Å². The van der Waals surface area contributed by atoms with E-state index in [9.17, 15) is 24.8 Å². The van der Waals surface area contributed by atoms with Crippen LogP contribution in [0, 0.1) is 15.5 Å². The van der Waals surface area contributed by atoms with Gasteiger partial charge in [0.2, 0.25) is 5.91 Å². The summed E-state index contributed by atoms with van der Waals surface area (Å²) < 4.78 is 1.22. The van der Waals surface area contributed by atoms with Crippen LogP contribution in [0.5, 0.6) is 0 Å². The molecule has 0 saturated heterocycles. The second-order valence-corrected chi connectivity index (χ2v) is 6.79. The number of carbonyl (C=O) groups excluding carboxylic acids is 1. The Bertz CT molecular complexity index is 646. The average molecular weight is 338 g/mol. The molecule has 1 aliphatic carbocycles. The lowest BCUT2D eigenvalue weighted by Gasteiger charge is -2.34. The van der Waals surface area contributed by atoms with Gasteiger partial charge in [0.05, 0.1) is 10.3 Å². The molecule has 0 atom stereocenters. The second-order valence-electron chi connectivity index (χ2n) is 6.79. The number of amides is 1. The summed E-state index contributed by atoms with van der Waals surface area (Å²) in [6.07, 6.45) is 6.01. The van der Waals surface area contributed by atoms with Gasteiger partial charge in [0, 0.05) is 6.54 Å². The Balaban J connectivity index is 2.09. The van der Waals surface area contributed by atoms with Gasteiger partial charge in [-0.25, -0.2) is 0 Å². The fraction of sp³-hybridized carbons (Fsp3) is 0.667. The summed E-state index contributed by atoms with van der Waals surface area (Å²) in [7, 11) is 0. The molecule has 0 radical (unpaired) electrons. The second kappa shape index (κ2) is 6.58. The van der Waals surface area contributed by atoms with E-state index in [1.54, 1.807) is 13.8 Å².